The number of benzene rings is 2. The zero-order valence-electron chi connectivity index (χ0n) is 22.6. The summed E-state index contributed by atoms with van der Waals surface area (Å²) in [4.78, 5) is 12.3. The van der Waals surface area contributed by atoms with E-state index in [1.165, 1.54) is 6.92 Å². The number of carbonyl (C=O) groups excluding carboxylic acids is 1. The molecule has 0 bridgehead atoms. The number of nitrogens with one attached hydrogen (secondary N) is 1. The molecule has 2 aromatic rings. The predicted octanol–water partition coefficient (Wildman–Crippen LogP) is 7.35. The fourth-order valence-electron chi connectivity index (χ4n) is 3.76. The van der Waals surface area contributed by atoms with Crippen LogP contribution in [0.25, 0.3) is 11.1 Å². The molecule has 0 unspecified atom stereocenters. The fraction of sp³-hybridized carbons (Fsp3) is 0.464. The van der Waals surface area contributed by atoms with Crippen LogP contribution in [-0.4, -0.2) is 28.1 Å². The van der Waals surface area contributed by atoms with Gasteiger partial charge in [-0.2, -0.15) is 13.2 Å². The van der Waals surface area contributed by atoms with Crippen LogP contribution in [0.5, 0.6) is 5.75 Å². The zero-order chi connectivity index (χ0) is 29.5. The van der Waals surface area contributed by atoms with Gasteiger partial charge < -0.3 is 9.47 Å². The van der Waals surface area contributed by atoms with E-state index in [9.17, 15) is 26.6 Å². The average molecular weight is 576 g/mol. The van der Waals surface area contributed by atoms with Crippen molar-refractivity contribution in [2.45, 2.75) is 70.8 Å². The molecule has 0 amide bonds. The molecule has 0 heterocycles. The van der Waals surface area contributed by atoms with Crippen LogP contribution >= 0.6 is 0 Å². The topological polar surface area (TPSA) is 64.6 Å². The van der Waals surface area contributed by atoms with Crippen LogP contribution in [0.15, 0.2) is 36.9 Å². The molecule has 1 N–H and O–H groups in total. The third-order valence-electron chi connectivity index (χ3n) is 5.63. The minimum atomic E-state index is -5.11. The molecule has 0 aliphatic carbocycles. The number of ether oxygens (including phenoxy) is 2. The van der Waals surface area contributed by atoms with E-state index in [-0.39, 0.29) is 35.7 Å². The van der Waals surface area contributed by atoms with Gasteiger partial charge in [0, 0.05) is 17.2 Å². The Morgan fingerprint density at radius 3 is 2.38 bits per heavy atom. The van der Waals surface area contributed by atoms with Crippen molar-refractivity contribution in [3.8, 4) is 16.9 Å². The van der Waals surface area contributed by atoms with Gasteiger partial charge in [0.25, 0.3) is 0 Å². The molecule has 2 aromatic carbocycles. The van der Waals surface area contributed by atoms with E-state index in [4.69, 9.17) is 9.47 Å². The maximum Gasteiger partial charge on any atom is 0.419 e. The Kier molecular flexibility index (Phi) is 11.2. The number of unbranched alkanes of at least 4 members (excludes halogenated alkanes) is 1. The smallest absolute Gasteiger partial charge is 0.419 e. The van der Waals surface area contributed by atoms with Crippen LogP contribution in [0, 0.1) is 18.6 Å². The van der Waals surface area contributed by atoms with Crippen molar-refractivity contribution in [3.05, 3.63) is 65.2 Å². The van der Waals surface area contributed by atoms with E-state index in [0.29, 0.717) is 18.9 Å². The summed E-state index contributed by atoms with van der Waals surface area (Å²) in [6.07, 6.45) is -2.88. The molecular formula is C28H34F5NO4S. The second kappa shape index (κ2) is 13.5. The summed E-state index contributed by atoms with van der Waals surface area (Å²) in [6, 6.07) is 2.51. The molecule has 2 rings (SSSR count). The highest BCUT2D eigenvalue weighted by Gasteiger charge is 2.38. The van der Waals surface area contributed by atoms with E-state index in [1.54, 1.807) is 33.8 Å². The van der Waals surface area contributed by atoms with Gasteiger partial charge in [-0.3, -0.25) is 4.79 Å². The first kappa shape index (κ1) is 32.4. The highest BCUT2D eigenvalue weighted by atomic mass is 32.2. The zero-order valence-corrected chi connectivity index (χ0v) is 23.5. The van der Waals surface area contributed by atoms with E-state index >= 15 is 4.39 Å². The quantitative estimate of drug-likeness (QED) is 0.124. The summed E-state index contributed by atoms with van der Waals surface area (Å²) in [5.41, 5.74) is -1.84. The summed E-state index contributed by atoms with van der Waals surface area (Å²) >= 11 is 0. The Labute approximate surface area is 228 Å². The first-order chi connectivity index (χ1) is 18.1. The molecule has 0 aliphatic rings. The van der Waals surface area contributed by atoms with E-state index < -0.39 is 63.1 Å². The summed E-state index contributed by atoms with van der Waals surface area (Å²) in [6.45, 7) is 11.6. The van der Waals surface area contributed by atoms with E-state index in [1.807, 2.05) is 0 Å². The van der Waals surface area contributed by atoms with Crippen molar-refractivity contribution in [2.24, 2.45) is 0 Å². The summed E-state index contributed by atoms with van der Waals surface area (Å²) in [5, 5.41) is 0. The van der Waals surface area contributed by atoms with Crippen molar-refractivity contribution in [1.29, 1.82) is 0 Å². The van der Waals surface area contributed by atoms with Crippen LogP contribution in [0.1, 0.15) is 69.7 Å². The van der Waals surface area contributed by atoms with Crippen molar-refractivity contribution in [1.82, 2.24) is 4.72 Å². The first-order valence-electron chi connectivity index (χ1n) is 12.4. The van der Waals surface area contributed by atoms with Crippen LogP contribution < -0.4 is 9.46 Å². The summed E-state index contributed by atoms with van der Waals surface area (Å²) < 4.78 is 97.3. The predicted molar refractivity (Wildman–Crippen MR) is 141 cm³/mol. The van der Waals surface area contributed by atoms with Gasteiger partial charge in [0.1, 0.15) is 17.4 Å². The lowest BCUT2D eigenvalue weighted by atomic mass is 9.92. The molecule has 0 spiro atoms. The molecule has 0 radical (unpaired) electrons. The molecule has 2 atom stereocenters. The second-order valence-corrected chi connectivity index (χ2v) is 11.9. The SMILES string of the molecule is C=CCCCOc1cc(F)cc(C)c1-c1cc([C@H](CC(=O)OCC)N[S@](=O)C(C)(C)C)c(F)c(C(F)(F)F)c1. The van der Waals surface area contributed by atoms with Crippen molar-refractivity contribution >= 4 is 17.0 Å². The first-order valence-corrected chi connectivity index (χ1v) is 13.5. The number of hydrogen-bond acceptors (Lipinski definition) is 4. The standard InChI is InChI=1S/C28H34F5NO4S/c1-7-9-10-11-38-23-15-19(29)12-17(3)25(23)18-13-20(26(30)21(14-18)28(31,32)33)22(16-24(35)37-8-2)34-39(36)27(4,5)6/h7,12-15,22,34H,1,8-11,16H2,2-6H3/t22-,39+/m0/s1. The number of hydrogen-bond donors (Lipinski definition) is 1. The van der Waals surface area contributed by atoms with Crippen molar-refractivity contribution < 1.29 is 40.4 Å². The van der Waals surface area contributed by atoms with Gasteiger partial charge in [0.15, 0.2) is 0 Å². The Hall–Kier alpha value is -2.79. The lowest BCUT2D eigenvalue weighted by Crippen LogP contribution is -2.37. The molecule has 11 heteroatoms. The lowest BCUT2D eigenvalue weighted by Gasteiger charge is -2.26. The van der Waals surface area contributed by atoms with Gasteiger partial charge in [0.05, 0.1) is 47.0 Å². The van der Waals surface area contributed by atoms with Crippen LogP contribution in [-0.2, 0) is 26.7 Å². The van der Waals surface area contributed by atoms with Crippen molar-refractivity contribution in [3.63, 3.8) is 0 Å². The Morgan fingerprint density at radius 2 is 1.82 bits per heavy atom. The number of alkyl halides is 3. The molecule has 0 aliphatic heterocycles. The minimum absolute atomic E-state index is 0.00837. The number of halogens is 5. The molecule has 39 heavy (non-hydrogen) atoms. The van der Waals surface area contributed by atoms with Crippen LogP contribution in [0.3, 0.4) is 0 Å². The van der Waals surface area contributed by atoms with Crippen LogP contribution in [0.4, 0.5) is 22.0 Å². The van der Waals surface area contributed by atoms with Gasteiger partial charge in [-0.1, -0.05) is 6.08 Å². The normalized spacial score (nSPS) is 13.6. The van der Waals surface area contributed by atoms with Gasteiger partial charge in [-0.15, -0.1) is 6.58 Å². The lowest BCUT2D eigenvalue weighted by molar-refractivity contribution is -0.143. The minimum Gasteiger partial charge on any atom is -0.493 e. The molecule has 0 aromatic heterocycles. The fourth-order valence-corrected chi connectivity index (χ4v) is 4.59. The molecule has 0 saturated heterocycles. The highest BCUT2D eigenvalue weighted by molar-refractivity contribution is 7.84. The monoisotopic (exact) mass is 575 g/mol. The maximum absolute atomic E-state index is 15.5. The molecule has 0 saturated carbocycles. The Balaban J connectivity index is 2.80. The number of aryl methyl sites for hydroxylation is 1. The summed E-state index contributed by atoms with van der Waals surface area (Å²) in [5.74, 6) is -3.11. The van der Waals surface area contributed by atoms with Gasteiger partial charge in [0.2, 0.25) is 0 Å². The van der Waals surface area contributed by atoms with Crippen LogP contribution in [0.2, 0.25) is 0 Å². The average Bonchev–Trinajstić information content (AvgIpc) is 2.80. The summed E-state index contributed by atoms with van der Waals surface area (Å²) in [7, 11) is -1.88. The molecule has 5 nitrogen and oxygen atoms in total. The third kappa shape index (κ3) is 8.86. The van der Waals surface area contributed by atoms with Crippen molar-refractivity contribution in [2.75, 3.05) is 13.2 Å². The highest BCUT2D eigenvalue weighted by Crippen LogP contribution is 2.42. The molecule has 0 fully saturated rings. The number of esters is 1. The Bertz CT molecular complexity index is 1210. The van der Waals surface area contributed by atoms with Gasteiger partial charge >= 0.3 is 12.1 Å². The second-order valence-electron chi connectivity index (χ2n) is 9.86. The third-order valence-corrected chi connectivity index (χ3v) is 7.24. The van der Waals surface area contributed by atoms with Gasteiger partial charge in [-0.25, -0.2) is 17.7 Å². The van der Waals surface area contributed by atoms with E-state index in [0.717, 1.165) is 18.2 Å². The maximum atomic E-state index is 15.5. The Morgan fingerprint density at radius 1 is 1.15 bits per heavy atom. The van der Waals surface area contributed by atoms with E-state index in [2.05, 4.69) is 11.3 Å². The van der Waals surface area contributed by atoms with Gasteiger partial charge in [-0.05, 0) is 76.8 Å². The largest absolute Gasteiger partial charge is 0.493 e. The number of carbonyl (C=O) groups is 1. The number of allylic oxidation sites excluding steroid dienone is 1. The number of rotatable bonds is 12. The molecular weight excluding hydrogens is 541 g/mol. The molecule has 216 valence electrons.